The van der Waals surface area contributed by atoms with Gasteiger partial charge in [0.25, 0.3) is 0 Å². The lowest BCUT2D eigenvalue weighted by atomic mass is 9.88. The first-order valence-corrected chi connectivity index (χ1v) is 9.71. The largest absolute Gasteiger partial charge is 0.491 e. The zero-order valence-electron chi connectivity index (χ0n) is 15.4. The van der Waals surface area contributed by atoms with Gasteiger partial charge in [-0.2, -0.15) is 0 Å². The van der Waals surface area contributed by atoms with E-state index in [1.165, 1.54) is 12.1 Å². The molecule has 0 aliphatic carbocycles. The van der Waals surface area contributed by atoms with Crippen LogP contribution in [0.4, 0.5) is 4.39 Å². The fourth-order valence-corrected chi connectivity index (χ4v) is 3.35. The molecular formula is C24H22ClFO2. The van der Waals surface area contributed by atoms with E-state index in [0.717, 1.165) is 27.8 Å². The highest BCUT2D eigenvalue weighted by Gasteiger charge is 2.14. The standard InChI is InChI=1S/C24H22ClFO2/c25-15-14-23(18-4-2-1-3-5-18)24(19-6-10-21(26)11-7-19)20-8-12-22(13-9-20)28-17-16-27/h1-13,27H,14-17H2. The van der Waals surface area contributed by atoms with Crippen molar-refractivity contribution >= 4 is 22.7 Å². The third-order valence-corrected chi connectivity index (χ3v) is 4.59. The second-order valence-electron chi connectivity index (χ2n) is 6.26. The molecule has 0 heterocycles. The molecule has 0 aliphatic heterocycles. The summed E-state index contributed by atoms with van der Waals surface area (Å²) >= 11 is 6.13. The molecule has 0 aliphatic rings. The Morgan fingerprint density at radius 3 is 2.00 bits per heavy atom. The number of hydrogen-bond donors (Lipinski definition) is 1. The van der Waals surface area contributed by atoms with Crippen molar-refractivity contribution in [3.63, 3.8) is 0 Å². The summed E-state index contributed by atoms with van der Waals surface area (Å²) in [4.78, 5) is 0. The first-order chi connectivity index (χ1) is 13.7. The van der Waals surface area contributed by atoms with Gasteiger partial charge in [-0.15, -0.1) is 11.6 Å². The van der Waals surface area contributed by atoms with E-state index >= 15 is 0 Å². The van der Waals surface area contributed by atoms with Gasteiger partial charge in [0.15, 0.2) is 0 Å². The molecule has 3 aromatic carbocycles. The van der Waals surface area contributed by atoms with Gasteiger partial charge in [-0.05, 0) is 58.5 Å². The molecule has 0 atom stereocenters. The van der Waals surface area contributed by atoms with E-state index < -0.39 is 0 Å². The van der Waals surface area contributed by atoms with Gasteiger partial charge >= 0.3 is 0 Å². The number of alkyl halides is 1. The molecule has 0 aromatic heterocycles. The van der Waals surface area contributed by atoms with Crippen LogP contribution in [-0.2, 0) is 0 Å². The Balaban J connectivity index is 2.15. The number of hydrogen-bond acceptors (Lipinski definition) is 2. The van der Waals surface area contributed by atoms with Crippen LogP contribution in [0.15, 0.2) is 78.9 Å². The van der Waals surface area contributed by atoms with Crippen LogP contribution in [0.1, 0.15) is 23.1 Å². The Hall–Kier alpha value is -2.62. The highest BCUT2D eigenvalue weighted by Crippen LogP contribution is 2.35. The molecule has 0 unspecified atom stereocenters. The van der Waals surface area contributed by atoms with Crippen LogP contribution in [0.25, 0.3) is 11.1 Å². The molecule has 0 saturated heterocycles. The zero-order chi connectivity index (χ0) is 19.8. The topological polar surface area (TPSA) is 29.5 Å². The molecule has 0 bridgehead atoms. The molecule has 0 spiro atoms. The van der Waals surface area contributed by atoms with Gasteiger partial charge in [0.05, 0.1) is 6.61 Å². The monoisotopic (exact) mass is 396 g/mol. The van der Waals surface area contributed by atoms with E-state index in [0.29, 0.717) is 18.1 Å². The predicted molar refractivity (Wildman–Crippen MR) is 113 cm³/mol. The number of ether oxygens (including phenoxy) is 1. The smallest absolute Gasteiger partial charge is 0.123 e. The molecule has 3 aromatic rings. The second kappa shape index (κ2) is 10.1. The number of benzene rings is 3. The maximum atomic E-state index is 13.5. The van der Waals surface area contributed by atoms with E-state index in [1.807, 2.05) is 42.5 Å². The molecule has 1 N–H and O–H groups in total. The van der Waals surface area contributed by atoms with Crippen molar-refractivity contribution in [2.45, 2.75) is 6.42 Å². The van der Waals surface area contributed by atoms with Crippen LogP contribution in [0.3, 0.4) is 0 Å². The lowest BCUT2D eigenvalue weighted by Gasteiger charge is -2.17. The van der Waals surface area contributed by atoms with Gasteiger partial charge in [-0.1, -0.05) is 54.6 Å². The highest BCUT2D eigenvalue weighted by atomic mass is 35.5. The summed E-state index contributed by atoms with van der Waals surface area (Å²) in [5, 5.41) is 8.92. The van der Waals surface area contributed by atoms with Gasteiger partial charge in [-0.3, -0.25) is 0 Å². The second-order valence-corrected chi connectivity index (χ2v) is 6.64. The van der Waals surface area contributed by atoms with Gasteiger partial charge in [0.1, 0.15) is 18.2 Å². The number of rotatable bonds is 8. The van der Waals surface area contributed by atoms with E-state index in [1.54, 1.807) is 12.1 Å². The minimum Gasteiger partial charge on any atom is -0.491 e. The third-order valence-electron chi connectivity index (χ3n) is 4.40. The molecular weight excluding hydrogens is 375 g/mol. The first kappa shape index (κ1) is 20.1. The molecule has 0 saturated carbocycles. The highest BCUT2D eigenvalue weighted by molar-refractivity contribution is 6.18. The summed E-state index contributed by atoms with van der Waals surface area (Å²) in [6.45, 7) is 0.220. The van der Waals surface area contributed by atoms with Crippen molar-refractivity contribution in [1.82, 2.24) is 0 Å². The molecule has 0 fully saturated rings. The summed E-state index contributed by atoms with van der Waals surface area (Å²) in [6.07, 6.45) is 0.682. The number of aliphatic hydroxyl groups excluding tert-OH is 1. The lowest BCUT2D eigenvalue weighted by Crippen LogP contribution is -2.02. The molecule has 0 amide bonds. The Labute approximate surface area is 169 Å². The van der Waals surface area contributed by atoms with Crippen LogP contribution in [0, 0.1) is 5.82 Å². The molecule has 144 valence electrons. The molecule has 3 rings (SSSR count). The van der Waals surface area contributed by atoms with Crippen LogP contribution >= 0.6 is 11.6 Å². The van der Waals surface area contributed by atoms with Crippen molar-refractivity contribution in [2.24, 2.45) is 0 Å². The van der Waals surface area contributed by atoms with Gasteiger partial charge in [0.2, 0.25) is 0 Å². The number of halogens is 2. The number of aliphatic hydroxyl groups is 1. The van der Waals surface area contributed by atoms with Crippen LogP contribution < -0.4 is 4.74 Å². The Kier molecular flexibility index (Phi) is 7.24. The maximum Gasteiger partial charge on any atom is 0.123 e. The van der Waals surface area contributed by atoms with Crippen molar-refractivity contribution < 1.29 is 14.2 Å². The zero-order valence-corrected chi connectivity index (χ0v) is 16.2. The molecule has 28 heavy (non-hydrogen) atoms. The van der Waals surface area contributed by atoms with Gasteiger partial charge in [-0.25, -0.2) is 4.39 Å². The van der Waals surface area contributed by atoms with Crippen molar-refractivity contribution in [2.75, 3.05) is 19.1 Å². The fraction of sp³-hybridized carbons (Fsp3) is 0.167. The average Bonchev–Trinajstić information content (AvgIpc) is 2.74. The lowest BCUT2D eigenvalue weighted by molar-refractivity contribution is 0.201. The Morgan fingerprint density at radius 1 is 0.821 bits per heavy atom. The molecule has 2 nitrogen and oxygen atoms in total. The Morgan fingerprint density at radius 2 is 1.43 bits per heavy atom. The summed E-state index contributed by atoms with van der Waals surface area (Å²) < 4.78 is 19.0. The summed E-state index contributed by atoms with van der Waals surface area (Å²) in [7, 11) is 0. The van der Waals surface area contributed by atoms with Crippen LogP contribution in [-0.4, -0.2) is 24.2 Å². The summed E-state index contributed by atoms with van der Waals surface area (Å²) in [5.41, 5.74) is 5.12. The van der Waals surface area contributed by atoms with Crippen LogP contribution in [0.2, 0.25) is 0 Å². The first-order valence-electron chi connectivity index (χ1n) is 9.17. The SMILES string of the molecule is OCCOc1ccc(C(=C(CCCl)c2ccccc2)c2ccc(F)cc2)cc1. The molecule has 4 heteroatoms. The van der Waals surface area contributed by atoms with Crippen molar-refractivity contribution in [1.29, 1.82) is 0 Å². The van der Waals surface area contributed by atoms with Gasteiger partial charge in [0, 0.05) is 5.88 Å². The normalized spacial score (nSPS) is 11.8. The Bertz CT molecular complexity index is 904. The maximum absolute atomic E-state index is 13.5. The van der Waals surface area contributed by atoms with Crippen molar-refractivity contribution in [3.05, 3.63) is 101 Å². The van der Waals surface area contributed by atoms with Gasteiger partial charge < -0.3 is 9.84 Å². The minimum absolute atomic E-state index is 0.0314. The van der Waals surface area contributed by atoms with Crippen LogP contribution in [0.5, 0.6) is 5.75 Å². The van der Waals surface area contributed by atoms with E-state index in [2.05, 4.69) is 12.1 Å². The van der Waals surface area contributed by atoms with E-state index in [-0.39, 0.29) is 19.0 Å². The summed E-state index contributed by atoms with van der Waals surface area (Å²) in [6, 6.07) is 24.3. The quantitative estimate of drug-likeness (QED) is 0.386. The van der Waals surface area contributed by atoms with E-state index in [9.17, 15) is 4.39 Å². The minimum atomic E-state index is -0.269. The summed E-state index contributed by atoms with van der Waals surface area (Å²) in [5.74, 6) is 0.899. The predicted octanol–water partition coefficient (Wildman–Crippen LogP) is 5.78. The fourth-order valence-electron chi connectivity index (χ4n) is 3.16. The molecule has 0 radical (unpaired) electrons. The van der Waals surface area contributed by atoms with Crippen molar-refractivity contribution in [3.8, 4) is 5.75 Å². The average molecular weight is 397 g/mol. The number of allylic oxidation sites excluding steroid dienone is 1. The third kappa shape index (κ3) is 5.00. The van der Waals surface area contributed by atoms with E-state index in [4.69, 9.17) is 21.4 Å².